The average Bonchev–Trinajstić information content (AvgIpc) is 3.23. The Morgan fingerprint density at radius 2 is 1.56 bits per heavy atom. The van der Waals surface area contributed by atoms with Crippen LogP contribution in [0.2, 0.25) is 5.02 Å². The van der Waals surface area contributed by atoms with Gasteiger partial charge in [0, 0.05) is 10.4 Å². The first-order chi connectivity index (χ1) is 8.84. The Balaban J connectivity index is 2.20. The molecule has 1 aliphatic heterocycles. The molecule has 0 bridgehead atoms. The monoisotopic (exact) mass is 254 g/mol. The van der Waals surface area contributed by atoms with E-state index in [1.807, 2.05) is 6.07 Å². The molecule has 1 atom stereocenters. The Morgan fingerprint density at radius 1 is 0.889 bits per heavy atom. The minimum Gasteiger partial charge on any atom is -0.368 e. The summed E-state index contributed by atoms with van der Waals surface area (Å²) in [7, 11) is 0. The molecule has 0 unspecified atom stereocenters. The molecule has 1 nitrogen and oxygen atoms in total. The lowest BCUT2D eigenvalue weighted by Crippen LogP contribution is -1.86. The number of fused-ring (bicyclic) bond motifs is 3. The van der Waals surface area contributed by atoms with E-state index in [4.69, 9.17) is 16.3 Å². The van der Waals surface area contributed by atoms with Crippen LogP contribution in [0.15, 0.2) is 48.5 Å². The molecule has 3 aromatic rings. The number of epoxide rings is 1. The summed E-state index contributed by atoms with van der Waals surface area (Å²) < 4.78 is 5.41. The maximum Gasteiger partial charge on any atom is 0.107 e. The predicted molar refractivity (Wildman–Crippen MR) is 75.2 cm³/mol. The number of halogens is 1. The molecule has 88 valence electrons. The maximum atomic E-state index is 6.39. The Labute approximate surface area is 110 Å². The third-order valence-electron chi connectivity index (χ3n) is 3.57. The van der Waals surface area contributed by atoms with Gasteiger partial charge in [-0.05, 0) is 27.8 Å². The predicted octanol–water partition coefficient (Wildman–Crippen LogP) is 4.72. The molecule has 0 aromatic heterocycles. The van der Waals surface area contributed by atoms with Gasteiger partial charge in [-0.15, -0.1) is 0 Å². The van der Waals surface area contributed by atoms with Crippen molar-refractivity contribution in [3.8, 4) is 0 Å². The van der Waals surface area contributed by atoms with Crippen molar-refractivity contribution in [3.63, 3.8) is 0 Å². The minimum absolute atomic E-state index is 0.255. The average molecular weight is 255 g/mol. The highest BCUT2D eigenvalue weighted by Crippen LogP contribution is 2.39. The van der Waals surface area contributed by atoms with E-state index >= 15 is 0 Å². The van der Waals surface area contributed by atoms with E-state index in [1.165, 1.54) is 21.7 Å². The second-order valence-corrected chi connectivity index (χ2v) is 5.08. The summed E-state index contributed by atoms with van der Waals surface area (Å²) in [5.74, 6) is 0. The number of ether oxygens (including phenoxy) is 1. The lowest BCUT2D eigenvalue weighted by atomic mass is 9.97. The normalized spacial score (nSPS) is 18.4. The van der Waals surface area contributed by atoms with Gasteiger partial charge in [-0.1, -0.05) is 54.1 Å². The number of hydrogen-bond acceptors (Lipinski definition) is 1. The third-order valence-corrected chi connectivity index (χ3v) is 3.88. The first kappa shape index (κ1) is 10.4. The molecule has 3 aromatic carbocycles. The van der Waals surface area contributed by atoms with Crippen molar-refractivity contribution in [3.05, 3.63) is 59.1 Å². The molecule has 4 rings (SSSR count). The highest BCUT2D eigenvalue weighted by molar-refractivity contribution is 6.37. The Hall–Kier alpha value is -1.57. The lowest BCUT2D eigenvalue weighted by Gasteiger charge is -2.09. The van der Waals surface area contributed by atoms with Crippen LogP contribution >= 0.6 is 11.6 Å². The van der Waals surface area contributed by atoms with Crippen LogP contribution < -0.4 is 0 Å². The molecule has 0 aliphatic carbocycles. The zero-order valence-electron chi connectivity index (χ0n) is 9.69. The number of benzene rings is 3. The van der Waals surface area contributed by atoms with Gasteiger partial charge in [0.1, 0.15) is 6.10 Å². The highest BCUT2D eigenvalue weighted by atomic mass is 35.5. The van der Waals surface area contributed by atoms with E-state index in [1.54, 1.807) is 0 Å². The minimum atomic E-state index is 0.255. The van der Waals surface area contributed by atoms with E-state index in [9.17, 15) is 0 Å². The van der Waals surface area contributed by atoms with Crippen LogP contribution in [0.3, 0.4) is 0 Å². The summed E-state index contributed by atoms with van der Waals surface area (Å²) in [6.07, 6.45) is 0.255. The van der Waals surface area contributed by atoms with Crippen molar-refractivity contribution in [2.75, 3.05) is 6.61 Å². The zero-order chi connectivity index (χ0) is 12.1. The molecule has 18 heavy (non-hydrogen) atoms. The second-order valence-electron chi connectivity index (χ2n) is 4.67. The summed E-state index contributed by atoms with van der Waals surface area (Å²) in [6, 6.07) is 16.7. The van der Waals surface area contributed by atoms with Crippen molar-refractivity contribution in [1.82, 2.24) is 0 Å². The Kier molecular flexibility index (Phi) is 2.14. The summed E-state index contributed by atoms with van der Waals surface area (Å²) >= 11 is 6.39. The van der Waals surface area contributed by atoms with E-state index < -0.39 is 0 Å². The molecule has 1 fully saturated rings. The molecular formula is C16H11ClO. The topological polar surface area (TPSA) is 12.5 Å². The fourth-order valence-electron chi connectivity index (χ4n) is 2.62. The standard InChI is InChI=1S/C16H11ClO/c17-15-8-14-11(10-4-1-2-5-12(10)15)6-3-7-13(14)16-9-18-16/h1-8,16H,9H2/t16-/m0/s1. The van der Waals surface area contributed by atoms with E-state index in [-0.39, 0.29) is 6.10 Å². The Morgan fingerprint density at radius 3 is 2.33 bits per heavy atom. The zero-order valence-corrected chi connectivity index (χ0v) is 10.4. The van der Waals surface area contributed by atoms with E-state index in [0.717, 1.165) is 17.0 Å². The molecule has 0 N–H and O–H groups in total. The lowest BCUT2D eigenvalue weighted by molar-refractivity contribution is 0.417. The van der Waals surface area contributed by atoms with Gasteiger partial charge in [0.25, 0.3) is 0 Å². The molecule has 1 heterocycles. The van der Waals surface area contributed by atoms with Crippen molar-refractivity contribution >= 4 is 33.1 Å². The number of hydrogen-bond donors (Lipinski definition) is 0. The van der Waals surface area contributed by atoms with E-state index in [2.05, 4.69) is 42.5 Å². The molecule has 1 saturated heterocycles. The summed E-state index contributed by atoms with van der Waals surface area (Å²) in [5, 5.41) is 5.60. The van der Waals surface area contributed by atoms with Gasteiger partial charge in [0.15, 0.2) is 0 Å². The summed E-state index contributed by atoms with van der Waals surface area (Å²) in [6.45, 7) is 0.823. The van der Waals surface area contributed by atoms with Crippen molar-refractivity contribution < 1.29 is 4.74 Å². The van der Waals surface area contributed by atoms with Gasteiger partial charge in [-0.2, -0.15) is 0 Å². The summed E-state index contributed by atoms with van der Waals surface area (Å²) in [5.41, 5.74) is 1.25. The van der Waals surface area contributed by atoms with Gasteiger partial charge in [-0.3, -0.25) is 0 Å². The molecule has 2 heteroatoms. The first-order valence-electron chi connectivity index (χ1n) is 6.06. The van der Waals surface area contributed by atoms with Crippen LogP contribution in [0.1, 0.15) is 11.7 Å². The highest BCUT2D eigenvalue weighted by Gasteiger charge is 2.26. The van der Waals surface area contributed by atoms with Crippen LogP contribution in [0.5, 0.6) is 0 Å². The van der Waals surface area contributed by atoms with Crippen LogP contribution in [-0.4, -0.2) is 6.61 Å². The van der Waals surface area contributed by atoms with Crippen molar-refractivity contribution in [2.24, 2.45) is 0 Å². The third kappa shape index (κ3) is 1.45. The molecule has 0 amide bonds. The maximum absolute atomic E-state index is 6.39. The first-order valence-corrected chi connectivity index (χ1v) is 6.44. The van der Waals surface area contributed by atoms with Gasteiger partial charge in [0.05, 0.1) is 6.61 Å². The van der Waals surface area contributed by atoms with Crippen LogP contribution in [-0.2, 0) is 4.74 Å². The van der Waals surface area contributed by atoms with Gasteiger partial charge < -0.3 is 4.74 Å². The largest absolute Gasteiger partial charge is 0.368 e. The quantitative estimate of drug-likeness (QED) is 0.452. The van der Waals surface area contributed by atoms with Crippen molar-refractivity contribution in [2.45, 2.75) is 6.10 Å². The molecule has 0 saturated carbocycles. The van der Waals surface area contributed by atoms with Crippen LogP contribution in [0.25, 0.3) is 21.5 Å². The fraction of sp³-hybridized carbons (Fsp3) is 0.125. The van der Waals surface area contributed by atoms with Crippen LogP contribution in [0, 0.1) is 0 Å². The smallest absolute Gasteiger partial charge is 0.107 e. The molecule has 1 aliphatic rings. The molecule has 0 spiro atoms. The van der Waals surface area contributed by atoms with Gasteiger partial charge >= 0.3 is 0 Å². The van der Waals surface area contributed by atoms with Gasteiger partial charge in [-0.25, -0.2) is 0 Å². The van der Waals surface area contributed by atoms with Gasteiger partial charge in [0.2, 0.25) is 0 Å². The molecule has 0 radical (unpaired) electrons. The van der Waals surface area contributed by atoms with Crippen LogP contribution in [0.4, 0.5) is 0 Å². The second kappa shape index (κ2) is 3.71. The Bertz CT molecular complexity index is 759. The molecular weight excluding hydrogens is 244 g/mol. The summed E-state index contributed by atoms with van der Waals surface area (Å²) in [4.78, 5) is 0. The fourth-order valence-corrected chi connectivity index (χ4v) is 2.89. The van der Waals surface area contributed by atoms with E-state index in [0.29, 0.717) is 0 Å². The van der Waals surface area contributed by atoms with Crippen molar-refractivity contribution in [1.29, 1.82) is 0 Å². The number of rotatable bonds is 1. The SMILES string of the molecule is Clc1cc2c([C@@H]3CO3)cccc2c2ccccc12.